The molecule has 0 saturated heterocycles. The molecule has 0 bridgehead atoms. The van der Waals surface area contributed by atoms with Gasteiger partial charge in [0.1, 0.15) is 26.0 Å². The van der Waals surface area contributed by atoms with Gasteiger partial charge in [-0.1, -0.05) is 12.1 Å². The number of hydrogen-bond acceptors (Lipinski definition) is 7. The van der Waals surface area contributed by atoms with Crippen LogP contribution in [0.15, 0.2) is 40.1 Å². The summed E-state index contributed by atoms with van der Waals surface area (Å²) in [5, 5.41) is 9.30. The molecule has 102 valence electrons. The van der Waals surface area contributed by atoms with Gasteiger partial charge < -0.3 is 14.2 Å². The molecule has 7 nitrogen and oxygen atoms in total. The van der Waals surface area contributed by atoms with Crippen molar-refractivity contribution in [1.82, 2.24) is 0 Å². The van der Waals surface area contributed by atoms with E-state index in [0.29, 0.717) is 6.07 Å². The van der Waals surface area contributed by atoms with Gasteiger partial charge in [-0.25, -0.2) is 16.8 Å². The van der Waals surface area contributed by atoms with Crippen LogP contribution < -0.4 is 0 Å². The second-order valence-electron chi connectivity index (χ2n) is 3.70. The fraction of sp³-hybridized carbons (Fsp3) is 0. The monoisotopic (exact) mass is 302 g/mol. The van der Waals surface area contributed by atoms with Gasteiger partial charge >= 0.3 is 0 Å². The van der Waals surface area contributed by atoms with Crippen LogP contribution in [0.1, 0.15) is 0 Å². The minimum atomic E-state index is -4.84. The van der Waals surface area contributed by atoms with Crippen LogP contribution in [-0.4, -0.2) is 31.0 Å². The van der Waals surface area contributed by atoms with Gasteiger partial charge in [-0.3, -0.25) is 0 Å². The quantitative estimate of drug-likeness (QED) is 0.791. The first kappa shape index (κ1) is 13.7. The molecule has 0 aliphatic heterocycles. The highest BCUT2D eigenvalue weighted by molar-refractivity contribution is 7.86. The van der Waals surface area contributed by atoms with Gasteiger partial charge in [-0.05, 0) is 23.6 Å². The number of rotatable bonds is 2. The third-order valence-electron chi connectivity index (χ3n) is 2.45. The maximum absolute atomic E-state index is 11.0. The second kappa shape index (κ2) is 4.17. The molecular formula is C10H6O7S2-2. The molecule has 19 heavy (non-hydrogen) atoms. The van der Waals surface area contributed by atoms with Crippen molar-refractivity contribution < 1.29 is 31.0 Å². The number of phenolic OH excluding ortho intramolecular Hbond substituents is 1. The number of phenols is 1. The van der Waals surface area contributed by atoms with Crippen molar-refractivity contribution in [1.29, 1.82) is 0 Å². The SMILES string of the molecule is O=S(=O)([O-])c1cc(O)c2c(S(=O)(=O)[O-])cccc2c1. The zero-order chi connectivity index (χ0) is 14.4. The van der Waals surface area contributed by atoms with E-state index in [-0.39, 0.29) is 10.8 Å². The lowest BCUT2D eigenvalue weighted by Gasteiger charge is -2.14. The first-order valence-corrected chi connectivity index (χ1v) is 7.60. The molecule has 2 rings (SSSR count). The standard InChI is InChI=1S/C10H8O7S2/c11-8-5-7(18(12,13)14)4-6-2-1-3-9(10(6)8)19(15,16)17/h1-5,11H,(H,12,13,14)(H,15,16,17)/p-2. The Balaban J connectivity index is 2.96. The van der Waals surface area contributed by atoms with E-state index in [1.165, 1.54) is 12.1 Å². The van der Waals surface area contributed by atoms with E-state index in [1.54, 1.807) is 0 Å². The Hall–Kier alpha value is -1.68. The molecule has 0 fully saturated rings. The topological polar surface area (TPSA) is 135 Å². The molecule has 0 heterocycles. The maximum Gasteiger partial charge on any atom is 0.125 e. The Morgan fingerprint density at radius 1 is 0.947 bits per heavy atom. The van der Waals surface area contributed by atoms with Gasteiger partial charge in [-0.15, -0.1) is 0 Å². The van der Waals surface area contributed by atoms with Gasteiger partial charge in [-0.2, -0.15) is 0 Å². The predicted octanol–water partition coefficient (Wildman–Crippen LogP) is 0.354. The molecule has 0 spiro atoms. The van der Waals surface area contributed by atoms with Gasteiger partial charge in [0, 0.05) is 5.39 Å². The Morgan fingerprint density at radius 3 is 2.11 bits per heavy atom. The summed E-state index contributed by atoms with van der Waals surface area (Å²) in [7, 11) is -9.64. The van der Waals surface area contributed by atoms with Crippen molar-refractivity contribution in [2.75, 3.05) is 0 Å². The Labute approximate surface area is 108 Å². The third kappa shape index (κ3) is 2.54. The average Bonchev–Trinajstić information content (AvgIpc) is 2.25. The van der Waals surface area contributed by atoms with Crippen LogP contribution in [-0.2, 0) is 20.2 Å². The summed E-state index contributed by atoms with van der Waals surface area (Å²) in [4.78, 5) is -1.39. The molecule has 0 saturated carbocycles. The fourth-order valence-electron chi connectivity index (χ4n) is 1.70. The highest BCUT2D eigenvalue weighted by Crippen LogP contribution is 2.33. The second-order valence-corrected chi connectivity index (χ2v) is 6.43. The summed E-state index contributed by atoms with van der Waals surface area (Å²) >= 11 is 0. The highest BCUT2D eigenvalue weighted by Gasteiger charge is 2.14. The van der Waals surface area contributed by atoms with Crippen LogP contribution in [0.5, 0.6) is 5.75 Å². The summed E-state index contributed by atoms with van der Waals surface area (Å²) in [6, 6.07) is 4.97. The van der Waals surface area contributed by atoms with Crippen LogP contribution in [0.4, 0.5) is 0 Å². The Kier molecular flexibility index (Phi) is 3.01. The zero-order valence-corrected chi connectivity index (χ0v) is 10.7. The van der Waals surface area contributed by atoms with E-state index in [4.69, 9.17) is 0 Å². The predicted molar refractivity (Wildman–Crippen MR) is 61.5 cm³/mol. The Morgan fingerprint density at radius 2 is 1.58 bits per heavy atom. The number of aromatic hydroxyl groups is 1. The van der Waals surface area contributed by atoms with Gasteiger partial charge in [0.25, 0.3) is 0 Å². The molecule has 2 aromatic carbocycles. The number of hydrogen-bond donors (Lipinski definition) is 1. The molecule has 0 aromatic heterocycles. The van der Waals surface area contributed by atoms with E-state index >= 15 is 0 Å². The van der Waals surface area contributed by atoms with E-state index in [1.807, 2.05) is 0 Å². The molecule has 0 atom stereocenters. The minimum Gasteiger partial charge on any atom is -0.744 e. The van der Waals surface area contributed by atoms with Crippen LogP contribution in [0, 0.1) is 0 Å². The maximum atomic E-state index is 11.0. The largest absolute Gasteiger partial charge is 0.744 e. The number of benzene rings is 2. The molecule has 0 aliphatic rings. The van der Waals surface area contributed by atoms with E-state index in [2.05, 4.69) is 0 Å². The lowest BCUT2D eigenvalue weighted by atomic mass is 10.1. The third-order valence-corrected chi connectivity index (χ3v) is 4.14. The first-order chi connectivity index (χ1) is 8.60. The molecule has 9 heteroatoms. The molecule has 0 aliphatic carbocycles. The smallest absolute Gasteiger partial charge is 0.125 e. The van der Waals surface area contributed by atoms with Crippen molar-refractivity contribution >= 4 is 31.0 Å². The van der Waals surface area contributed by atoms with Crippen molar-refractivity contribution in [2.24, 2.45) is 0 Å². The molecular weight excluding hydrogens is 296 g/mol. The number of fused-ring (bicyclic) bond motifs is 1. The summed E-state index contributed by atoms with van der Waals surface area (Å²) in [5.74, 6) is -0.762. The van der Waals surface area contributed by atoms with E-state index in [0.717, 1.165) is 12.1 Å². The lowest BCUT2D eigenvalue weighted by molar-refractivity contribution is 0.457. The van der Waals surface area contributed by atoms with Crippen LogP contribution in [0.3, 0.4) is 0 Å². The minimum absolute atomic E-state index is 0.0358. The average molecular weight is 302 g/mol. The summed E-state index contributed by atoms with van der Waals surface area (Å²) in [6.45, 7) is 0. The molecule has 0 amide bonds. The fourth-order valence-corrected chi connectivity index (χ4v) is 2.94. The summed E-state index contributed by atoms with van der Waals surface area (Å²) < 4.78 is 65.7. The van der Waals surface area contributed by atoms with Crippen molar-refractivity contribution in [3.8, 4) is 5.75 Å². The van der Waals surface area contributed by atoms with Crippen molar-refractivity contribution in [2.45, 2.75) is 9.79 Å². The van der Waals surface area contributed by atoms with Crippen LogP contribution >= 0.6 is 0 Å². The zero-order valence-electron chi connectivity index (χ0n) is 9.10. The van der Waals surface area contributed by atoms with Crippen LogP contribution in [0.25, 0.3) is 10.8 Å². The van der Waals surface area contributed by atoms with Gasteiger partial charge in [0.05, 0.1) is 9.79 Å². The lowest BCUT2D eigenvalue weighted by Crippen LogP contribution is -2.02. The first-order valence-electron chi connectivity index (χ1n) is 4.78. The molecule has 0 unspecified atom stereocenters. The van der Waals surface area contributed by atoms with E-state index in [9.17, 15) is 31.0 Å². The van der Waals surface area contributed by atoms with Crippen LogP contribution in [0.2, 0.25) is 0 Å². The molecule has 1 N–H and O–H groups in total. The molecule has 0 radical (unpaired) electrons. The van der Waals surface area contributed by atoms with Crippen molar-refractivity contribution in [3.63, 3.8) is 0 Å². The van der Waals surface area contributed by atoms with E-state index < -0.39 is 35.8 Å². The van der Waals surface area contributed by atoms with Gasteiger partial charge in [0.2, 0.25) is 0 Å². The summed E-state index contributed by atoms with van der Waals surface area (Å²) in [6.07, 6.45) is 0. The van der Waals surface area contributed by atoms with Gasteiger partial charge in [0.15, 0.2) is 0 Å². The summed E-state index contributed by atoms with van der Waals surface area (Å²) in [5.41, 5.74) is 0. The normalized spacial score (nSPS) is 12.7. The highest BCUT2D eigenvalue weighted by atomic mass is 32.2. The van der Waals surface area contributed by atoms with Crippen molar-refractivity contribution in [3.05, 3.63) is 30.3 Å². The Bertz CT molecular complexity index is 866. The molecule has 2 aromatic rings.